The molecule has 3 amide bonds. The van der Waals surface area contributed by atoms with Crippen LogP contribution in [0, 0.1) is 0 Å². The lowest BCUT2D eigenvalue weighted by Gasteiger charge is -2.22. The fourth-order valence-electron chi connectivity index (χ4n) is 1.01. The van der Waals surface area contributed by atoms with Gasteiger partial charge in [0.15, 0.2) is 0 Å². The lowest BCUT2D eigenvalue weighted by Crippen LogP contribution is -2.34. The van der Waals surface area contributed by atoms with Crippen molar-refractivity contribution in [2.45, 2.75) is 0 Å². The van der Waals surface area contributed by atoms with Crippen LogP contribution in [0.4, 0.5) is 14.4 Å². The number of methoxy groups -OCH3 is 3. The zero-order valence-electron chi connectivity index (χ0n) is 11.4. The Labute approximate surface area is 121 Å². The molecule has 0 atom stereocenters. The maximum Gasteiger partial charge on any atom is 0.407 e. The van der Waals surface area contributed by atoms with Crippen LogP contribution in [0.15, 0.2) is 0 Å². The molecule has 11 heteroatoms. The molecule has 0 aromatic rings. The summed E-state index contributed by atoms with van der Waals surface area (Å²) in [5, 5.41) is 7.37. The first-order chi connectivity index (χ1) is 9.36. The van der Waals surface area contributed by atoms with Gasteiger partial charge in [-0.25, -0.2) is 14.4 Å². The van der Waals surface area contributed by atoms with Gasteiger partial charge in [-0.15, -0.1) is 0 Å². The van der Waals surface area contributed by atoms with Gasteiger partial charge in [-0.05, 0) is 0 Å². The zero-order chi connectivity index (χ0) is 15.6. The molecule has 0 saturated heterocycles. The van der Waals surface area contributed by atoms with Crippen molar-refractivity contribution in [1.29, 1.82) is 0 Å². The number of hydrogen-bond donors (Lipinski definition) is 3. The molecule has 0 aromatic heterocycles. The Morgan fingerprint density at radius 2 is 1.05 bits per heavy atom. The van der Waals surface area contributed by atoms with E-state index in [-0.39, 0.29) is 18.9 Å². The Hall–Kier alpha value is -1.54. The van der Waals surface area contributed by atoms with Gasteiger partial charge in [0, 0.05) is 6.04 Å². The van der Waals surface area contributed by atoms with E-state index in [9.17, 15) is 14.4 Å². The van der Waals surface area contributed by atoms with Crippen molar-refractivity contribution < 1.29 is 28.6 Å². The van der Waals surface area contributed by atoms with Crippen LogP contribution < -0.4 is 16.0 Å². The highest BCUT2D eigenvalue weighted by Crippen LogP contribution is 2.42. The molecule has 0 rings (SSSR count). The summed E-state index contributed by atoms with van der Waals surface area (Å²) in [6.45, 7) is 0. The van der Waals surface area contributed by atoms with Crippen molar-refractivity contribution in [2.75, 3.05) is 40.2 Å². The summed E-state index contributed by atoms with van der Waals surface area (Å²) in [4.78, 5) is 33.2. The fourth-order valence-corrected chi connectivity index (χ4v) is 3.18. The van der Waals surface area contributed by atoms with E-state index in [0.717, 1.165) is 0 Å². The number of hydrogen-bond acceptors (Lipinski definition) is 7. The topological polar surface area (TPSA) is 115 Å². The molecule has 0 aliphatic carbocycles. The molecular weight excluding hydrogens is 309 g/mol. The van der Waals surface area contributed by atoms with E-state index in [1.165, 1.54) is 21.3 Å². The molecule has 0 aromatic carbocycles. The SMILES string of the molecule is COC(=O)NCP(=S)(CNC(=O)OC)CNC(=O)OC. The highest BCUT2D eigenvalue weighted by molar-refractivity contribution is 8.14. The van der Waals surface area contributed by atoms with Crippen LogP contribution in [0.25, 0.3) is 0 Å². The smallest absolute Gasteiger partial charge is 0.407 e. The lowest BCUT2D eigenvalue weighted by molar-refractivity contribution is 0.172. The number of carbonyl (C=O) groups excluding carboxylic acids is 3. The summed E-state index contributed by atoms with van der Waals surface area (Å²) in [6, 6.07) is -2.32. The quantitative estimate of drug-likeness (QED) is 0.478. The van der Waals surface area contributed by atoms with E-state index in [1.54, 1.807) is 0 Å². The van der Waals surface area contributed by atoms with Crippen LogP contribution in [0.3, 0.4) is 0 Å². The van der Waals surface area contributed by atoms with Crippen LogP contribution in [-0.2, 0) is 26.0 Å². The average Bonchev–Trinajstić information content (AvgIpc) is 2.47. The predicted molar refractivity (Wildman–Crippen MR) is 75.5 cm³/mol. The third kappa shape index (κ3) is 7.80. The first-order valence-electron chi connectivity index (χ1n) is 5.39. The van der Waals surface area contributed by atoms with Gasteiger partial charge in [0.05, 0.1) is 40.2 Å². The van der Waals surface area contributed by atoms with Gasteiger partial charge < -0.3 is 30.2 Å². The van der Waals surface area contributed by atoms with Gasteiger partial charge >= 0.3 is 18.3 Å². The third-order valence-electron chi connectivity index (χ3n) is 2.09. The monoisotopic (exact) mass is 327 g/mol. The molecule has 0 unspecified atom stereocenters. The summed E-state index contributed by atoms with van der Waals surface area (Å²) >= 11 is 5.40. The summed E-state index contributed by atoms with van der Waals surface area (Å²) in [6.07, 6.45) is -1.63. The second kappa shape index (κ2) is 9.38. The van der Waals surface area contributed by atoms with E-state index < -0.39 is 24.3 Å². The van der Waals surface area contributed by atoms with E-state index in [0.29, 0.717) is 0 Å². The maximum atomic E-state index is 11.1. The Morgan fingerprint density at radius 3 is 1.25 bits per heavy atom. The van der Waals surface area contributed by atoms with Crippen molar-refractivity contribution in [2.24, 2.45) is 0 Å². The van der Waals surface area contributed by atoms with E-state index >= 15 is 0 Å². The van der Waals surface area contributed by atoms with Crippen LogP contribution >= 0.6 is 6.04 Å². The van der Waals surface area contributed by atoms with Crippen molar-refractivity contribution in [3.8, 4) is 0 Å². The summed E-state index contributed by atoms with van der Waals surface area (Å²) < 4.78 is 13.3. The summed E-state index contributed by atoms with van der Waals surface area (Å²) in [5.74, 6) is 0. The van der Waals surface area contributed by atoms with Crippen LogP contribution in [-0.4, -0.2) is 58.5 Å². The van der Waals surface area contributed by atoms with Gasteiger partial charge in [-0.1, -0.05) is 11.8 Å². The fraction of sp³-hybridized carbons (Fsp3) is 0.667. The van der Waals surface area contributed by atoms with Crippen LogP contribution in [0.2, 0.25) is 0 Å². The molecule has 0 spiro atoms. The highest BCUT2D eigenvalue weighted by Gasteiger charge is 2.21. The van der Waals surface area contributed by atoms with Gasteiger partial charge in [-0.2, -0.15) is 0 Å². The molecule has 0 bridgehead atoms. The lowest BCUT2D eigenvalue weighted by atomic mass is 11.1. The molecule has 3 N–H and O–H groups in total. The molecule has 20 heavy (non-hydrogen) atoms. The number of rotatable bonds is 6. The number of carbonyl (C=O) groups is 3. The summed E-state index contributed by atoms with van der Waals surface area (Å²) in [5.41, 5.74) is 0. The Balaban J connectivity index is 4.56. The minimum absolute atomic E-state index is 0.100. The van der Waals surface area contributed by atoms with Crippen molar-refractivity contribution in [3.05, 3.63) is 0 Å². The maximum absolute atomic E-state index is 11.1. The molecule has 0 heterocycles. The molecule has 0 radical (unpaired) electrons. The highest BCUT2D eigenvalue weighted by atomic mass is 32.4. The average molecular weight is 327 g/mol. The minimum Gasteiger partial charge on any atom is -0.453 e. The molecule has 0 aliphatic heterocycles. The summed E-state index contributed by atoms with van der Waals surface area (Å²) in [7, 11) is 3.66. The first-order valence-corrected chi connectivity index (χ1v) is 8.75. The van der Waals surface area contributed by atoms with E-state index in [4.69, 9.17) is 11.8 Å². The van der Waals surface area contributed by atoms with E-state index in [2.05, 4.69) is 30.2 Å². The van der Waals surface area contributed by atoms with Gasteiger partial charge in [0.1, 0.15) is 0 Å². The number of ether oxygens (including phenoxy) is 3. The molecule has 0 aliphatic rings. The number of nitrogens with one attached hydrogen (secondary N) is 3. The van der Waals surface area contributed by atoms with Gasteiger partial charge in [0.2, 0.25) is 0 Å². The second-order valence-electron chi connectivity index (χ2n) is 3.54. The van der Waals surface area contributed by atoms with E-state index in [1.807, 2.05) is 0 Å². The molecule has 116 valence electrons. The van der Waals surface area contributed by atoms with Crippen molar-refractivity contribution in [3.63, 3.8) is 0 Å². The normalized spacial score (nSPS) is 10.2. The minimum atomic E-state index is -2.32. The third-order valence-corrected chi connectivity index (χ3v) is 5.46. The first kappa shape index (κ1) is 18.5. The molecule has 0 saturated carbocycles. The van der Waals surface area contributed by atoms with Crippen LogP contribution in [0.1, 0.15) is 0 Å². The van der Waals surface area contributed by atoms with Crippen molar-refractivity contribution >= 4 is 36.1 Å². The zero-order valence-corrected chi connectivity index (χ0v) is 13.1. The molecule has 0 fully saturated rings. The predicted octanol–water partition coefficient (Wildman–Crippen LogP) is 0.406. The molecular formula is C9H18N3O6PS. The van der Waals surface area contributed by atoms with Crippen molar-refractivity contribution in [1.82, 2.24) is 16.0 Å². The largest absolute Gasteiger partial charge is 0.453 e. The Morgan fingerprint density at radius 1 is 0.800 bits per heavy atom. The Bertz CT molecular complexity index is 348. The number of amides is 3. The van der Waals surface area contributed by atoms with Gasteiger partial charge in [0.25, 0.3) is 0 Å². The second-order valence-corrected chi connectivity index (χ2v) is 8.93. The Kier molecular flexibility index (Phi) is 8.66. The van der Waals surface area contributed by atoms with Gasteiger partial charge in [-0.3, -0.25) is 0 Å². The molecule has 9 nitrogen and oxygen atoms in total. The number of alkyl carbamates (subject to hydrolysis) is 3. The standard InChI is InChI=1S/C9H18N3O6PS/c1-16-7(13)10-4-19(20,5-11-8(14)17-2)6-12-9(15)18-3/h4-6H2,1-3H3,(H,10,13)(H,11,14)(H,12,15). The van der Waals surface area contributed by atoms with Crippen LogP contribution in [0.5, 0.6) is 0 Å².